The fourth-order valence-electron chi connectivity index (χ4n) is 3.32. The molecule has 136 valence electrons. The number of methoxy groups -OCH3 is 1. The van der Waals surface area contributed by atoms with Crippen molar-refractivity contribution in [1.82, 2.24) is 19.7 Å². The summed E-state index contributed by atoms with van der Waals surface area (Å²) < 4.78 is 7.50. The first kappa shape index (κ1) is 17.4. The minimum atomic E-state index is 0.687. The number of aromatic amines is 1. The van der Waals surface area contributed by atoms with Gasteiger partial charge < -0.3 is 4.74 Å². The van der Waals surface area contributed by atoms with Gasteiger partial charge in [0.2, 0.25) is 0 Å². The molecule has 0 spiro atoms. The Bertz CT molecular complexity index is 1110. The van der Waals surface area contributed by atoms with Crippen LogP contribution in [0, 0.1) is 13.8 Å². The third-order valence-electron chi connectivity index (χ3n) is 4.58. The van der Waals surface area contributed by atoms with Crippen LogP contribution in [0.15, 0.2) is 54.6 Å². The molecule has 1 N–H and O–H groups in total. The lowest BCUT2D eigenvalue weighted by atomic mass is 10.1. The molecule has 0 atom stereocenters. The molecule has 0 bridgehead atoms. The first-order valence-electron chi connectivity index (χ1n) is 8.60. The molecule has 2 aromatic carbocycles. The third kappa shape index (κ3) is 3.00. The van der Waals surface area contributed by atoms with Gasteiger partial charge in [-0.3, -0.25) is 9.67 Å². The second-order valence-corrected chi connectivity index (χ2v) is 6.65. The van der Waals surface area contributed by atoms with Crippen LogP contribution in [-0.2, 0) is 0 Å². The largest absolute Gasteiger partial charge is 0.496 e. The second-order valence-electron chi connectivity index (χ2n) is 6.25. The topological polar surface area (TPSA) is 55.7 Å². The average molecular weight is 379 g/mol. The van der Waals surface area contributed by atoms with E-state index in [1.807, 2.05) is 68.4 Å². The summed E-state index contributed by atoms with van der Waals surface area (Å²) in [7, 11) is 1.66. The van der Waals surface area contributed by atoms with E-state index in [2.05, 4.69) is 14.8 Å². The Labute approximate surface area is 162 Å². The quantitative estimate of drug-likeness (QED) is 0.530. The standard InChI is InChI=1S/C21H19ClN4O/c1-13-21(23-14(2)26(13)19-10-6-5-9-16(19)22)18-12-17(24-25-18)15-8-4-7-11-20(15)27-3/h4-12H,1-3H3,(H,24,25). The normalized spacial score (nSPS) is 11.0. The Morgan fingerprint density at radius 1 is 1.04 bits per heavy atom. The molecule has 0 saturated carbocycles. The molecule has 0 aliphatic heterocycles. The van der Waals surface area contributed by atoms with E-state index in [4.69, 9.17) is 21.3 Å². The summed E-state index contributed by atoms with van der Waals surface area (Å²) in [5, 5.41) is 8.25. The highest BCUT2D eigenvalue weighted by atomic mass is 35.5. The number of aryl methyl sites for hydroxylation is 1. The Morgan fingerprint density at radius 3 is 2.56 bits per heavy atom. The van der Waals surface area contributed by atoms with E-state index in [1.165, 1.54) is 0 Å². The molecule has 6 heteroatoms. The number of benzene rings is 2. The number of hydrogen-bond donors (Lipinski definition) is 1. The van der Waals surface area contributed by atoms with Gasteiger partial charge in [-0.25, -0.2) is 4.98 Å². The van der Waals surface area contributed by atoms with Gasteiger partial charge in [0.25, 0.3) is 0 Å². The predicted octanol–water partition coefficient (Wildman–Crippen LogP) is 5.21. The van der Waals surface area contributed by atoms with Crippen molar-refractivity contribution in [3.05, 3.63) is 71.1 Å². The number of rotatable bonds is 4. The molecule has 27 heavy (non-hydrogen) atoms. The highest BCUT2D eigenvalue weighted by molar-refractivity contribution is 6.32. The summed E-state index contributed by atoms with van der Waals surface area (Å²) in [6.45, 7) is 4.00. The third-order valence-corrected chi connectivity index (χ3v) is 4.90. The molecule has 2 aromatic heterocycles. The van der Waals surface area contributed by atoms with Crippen LogP contribution in [0.1, 0.15) is 11.5 Å². The summed E-state index contributed by atoms with van der Waals surface area (Å²) >= 11 is 6.39. The smallest absolute Gasteiger partial charge is 0.128 e. The zero-order valence-corrected chi connectivity index (χ0v) is 16.1. The number of para-hydroxylation sites is 2. The van der Waals surface area contributed by atoms with Gasteiger partial charge in [-0.1, -0.05) is 35.9 Å². The number of aromatic nitrogens is 4. The van der Waals surface area contributed by atoms with E-state index in [9.17, 15) is 0 Å². The van der Waals surface area contributed by atoms with Crippen molar-refractivity contribution in [3.8, 4) is 34.1 Å². The molecule has 0 unspecified atom stereocenters. The molecule has 2 heterocycles. The molecule has 0 radical (unpaired) electrons. The fraction of sp³-hybridized carbons (Fsp3) is 0.143. The van der Waals surface area contributed by atoms with Crippen LogP contribution in [0.25, 0.3) is 28.3 Å². The number of hydrogen-bond acceptors (Lipinski definition) is 3. The highest BCUT2D eigenvalue weighted by Crippen LogP contribution is 2.33. The van der Waals surface area contributed by atoms with Crippen molar-refractivity contribution < 1.29 is 4.74 Å². The Hall–Kier alpha value is -3.05. The maximum atomic E-state index is 6.39. The van der Waals surface area contributed by atoms with Crippen LogP contribution >= 0.6 is 11.6 Å². The van der Waals surface area contributed by atoms with Gasteiger partial charge in [0.1, 0.15) is 17.3 Å². The van der Waals surface area contributed by atoms with E-state index in [0.29, 0.717) is 5.02 Å². The van der Waals surface area contributed by atoms with Crippen LogP contribution in [-0.4, -0.2) is 26.9 Å². The van der Waals surface area contributed by atoms with E-state index in [0.717, 1.165) is 45.6 Å². The maximum absolute atomic E-state index is 6.39. The predicted molar refractivity (Wildman–Crippen MR) is 108 cm³/mol. The molecule has 0 saturated heterocycles. The van der Waals surface area contributed by atoms with Crippen molar-refractivity contribution in [1.29, 1.82) is 0 Å². The maximum Gasteiger partial charge on any atom is 0.128 e. The molecule has 4 rings (SSSR count). The SMILES string of the molecule is COc1ccccc1-c1cc(-c2nc(C)n(-c3ccccc3Cl)c2C)[nH]n1. The highest BCUT2D eigenvalue weighted by Gasteiger charge is 2.18. The minimum absolute atomic E-state index is 0.687. The molecule has 0 aliphatic carbocycles. The van der Waals surface area contributed by atoms with Gasteiger partial charge in [-0.2, -0.15) is 5.10 Å². The first-order valence-corrected chi connectivity index (χ1v) is 8.98. The van der Waals surface area contributed by atoms with E-state index >= 15 is 0 Å². The fourth-order valence-corrected chi connectivity index (χ4v) is 3.54. The molecule has 4 aromatic rings. The zero-order chi connectivity index (χ0) is 19.0. The number of nitrogens with one attached hydrogen (secondary N) is 1. The summed E-state index contributed by atoms with van der Waals surface area (Å²) in [6, 6.07) is 17.6. The Morgan fingerprint density at radius 2 is 1.78 bits per heavy atom. The molecule has 0 amide bonds. The number of ether oxygens (including phenoxy) is 1. The van der Waals surface area contributed by atoms with Crippen molar-refractivity contribution in [2.45, 2.75) is 13.8 Å². The summed E-state index contributed by atoms with van der Waals surface area (Å²) in [6.07, 6.45) is 0. The van der Waals surface area contributed by atoms with E-state index in [-0.39, 0.29) is 0 Å². The Kier molecular flexibility index (Phi) is 4.46. The molecule has 0 fully saturated rings. The summed E-state index contributed by atoms with van der Waals surface area (Å²) in [5.41, 5.74) is 5.35. The number of nitrogens with zero attached hydrogens (tertiary/aromatic N) is 3. The van der Waals surface area contributed by atoms with Crippen LogP contribution < -0.4 is 4.74 Å². The first-order chi connectivity index (χ1) is 13.1. The van der Waals surface area contributed by atoms with E-state index < -0.39 is 0 Å². The van der Waals surface area contributed by atoms with Crippen molar-refractivity contribution in [2.75, 3.05) is 7.11 Å². The molecule has 0 aliphatic rings. The van der Waals surface area contributed by atoms with Crippen LogP contribution in [0.3, 0.4) is 0 Å². The zero-order valence-electron chi connectivity index (χ0n) is 15.3. The molecular formula is C21H19ClN4O. The lowest BCUT2D eigenvalue weighted by Gasteiger charge is -2.09. The van der Waals surface area contributed by atoms with Gasteiger partial charge in [0.15, 0.2) is 0 Å². The average Bonchev–Trinajstić information content (AvgIpc) is 3.27. The van der Waals surface area contributed by atoms with Crippen molar-refractivity contribution in [3.63, 3.8) is 0 Å². The van der Waals surface area contributed by atoms with E-state index in [1.54, 1.807) is 7.11 Å². The number of imidazole rings is 1. The number of H-pyrrole nitrogens is 1. The minimum Gasteiger partial charge on any atom is -0.496 e. The van der Waals surface area contributed by atoms with Crippen molar-refractivity contribution in [2.24, 2.45) is 0 Å². The van der Waals surface area contributed by atoms with Gasteiger partial charge in [-0.15, -0.1) is 0 Å². The monoisotopic (exact) mass is 378 g/mol. The van der Waals surface area contributed by atoms with Crippen molar-refractivity contribution >= 4 is 11.6 Å². The number of halogens is 1. The molecule has 5 nitrogen and oxygen atoms in total. The Balaban J connectivity index is 1.79. The van der Waals surface area contributed by atoms with Gasteiger partial charge in [-0.05, 0) is 44.2 Å². The van der Waals surface area contributed by atoms with Gasteiger partial charge in [0.05, 0.1) is 29.2 Å². The van der Waals surface area contributed by atoms with Crippen LogP contribution in [0.4, 0.5) is 0 Å². The molecular weight excluding hydrogens is 360 g/mol. The summed E-state index contributed by atoms with van der Waals surface area (Å²) in [5.74, 6) is 1.65. The van der Waals surface area contributed by atoms with Crippen LogP contribution in [0.2, 0.25) is 5.02 Å². The summed E-state index contributed by atoms with van der Waals surface area (Å²) in [4.78, 5) is 4.75. The van der Waals surface area contributed by atoms with Gasteiger partial charge >= 0.3 is 0 Å². The second kappa shape index (κ2) is 6.93. The van der Waals surface area contributed by atoms with Crippen LogP contribution in [0.5, 0.6) is 5.75 Å². The van der Waals surface area contributed by atoms with Gasteiger partial charge in [0, 0.05) is 11.3 Å². The lowest BCUT2D eigenvalue weighted by molar-refractivity contribution is 0.416. The lowest BCUT2D eigenvalue weighted by Crippen LogP contribution is -2.00.